The average molecular weight is 302 g/mol. The van der Waals surface area contributed by atoms with Gasteiger partial charge >= 0.3 is 0 Å². The molecule has 2 rings (SSSR count). The van der Waals surface area contributed by atoms with Crippen molar-refractivity contribution in [1.82, 2.24) is 5.32 Å². The van der Waals surface area contributed by atoms with Crippen LogP contribution in [0.4, 0.5) is 0 Å². The van der Waals surface area contributed by atoms with Crippen LogP contribution in [-0.2, 0) is 0 Å². The normalized spacial score (nSPS) is 20.7. The van der Waals surface area contributed by atoms with Gasteiger partial charge in [-0.05, 0) is 43.7 Å². The standard InChI is InChI=1S/C17H22N2OS/c1-12-8-9-14(11-13(12)5-4-10-18)17(20)19-15-6-3-7-16(15)21-2/h8-9,11,15-16H,3,6-7,10,18H2,1-2H3,(H,19,20). The minimum Gasteiger partial charge on any atom is -0.348 e. The molecule has 0 aromatic heterocycles. The summed E-state index contributed by atoms with van der Waals surface area (Å²) in [6.07, 6.45) is 5.56. The molecular weight excluding hydrogens is 280 g/mol. The van der Waals surface area contributed by atoms with Crippen LogP contribution in [0.15, 0.2) is 18.2 Å². The molecule has 3 N–H and O–H groups in total. The molecule has 1 aromatic rings. The van der Waals surface area contributed by atoms with Crippen molar-refractivity contribution in [2.75, 3.05) is 12.8 Å². The van der Waals surface area contributed by atoms with Crippen LogP contribution < -0.4 is 11.1 Å². The minimum atomic E-state index is -0.00301. The number of carbonyl (C=O) groups excluding carboxylic acids is 1. The highest BCUT2D eigenvalue weighted by atomic mass is 32.2. The molecule has 2 unspecified atom stereocenters. The molecule has 21 heavy (non-hydrogen) atoms. The summed E-state index contributed by atoms with van der Waals surface area (Å²) in [6, 6.07) is 5.95. The maximum Gasteiger partial charge on any atom is 0.251 e. The number of carbonyl (C=O) groups is 1. The third-order valence-corrected chi connectivity index (χ3v) is 5.07. The fourth-order valence-corrected chi connectivity index (χ4v) is 3.60. The Morgan fingerprint density at radius 2 is 2.29 bits per heavy atom. The van der Waals surface area contributed by atoms with E-state index < -0.39 is 0 Å². The van der Waals surface area contributed by atoms with E-state index in [0.29, 0.717) is 17.4 Å². The summed E-state index contributed by atoms with van der Waals surface area (Å²) in [4.78, 5) is 12.4. The highest BCUT2D eigenvalue weighted by molar-refractivity contribution is 7.99. The molecule has 0 radical (unpaired) electrons. The molecule has 1 amide bonds. The van der Waals surface area contributed by atoms with Crippen LogP contribution in [-0.4, -0.2) is 30.0 Å². The summed E-state index contributed by atoms with van der Waals surface area (Å²) in [6.45, 7) is 2.32. The smallest absolute Gasteiger partial charge is 0.251 e. The fraction of sp³-hybridized carbons (Fsp3) is 0.471. The zero-order valence-electron chi connectivity index (χ0n) is 12.6. The first-order valence-electron chi connectivity index (χ1n) is 7.29. The SMILES string of the molecule is CSC1CCCC1NC(=O)c1ccc(C)c(C#CCN)c1. The summed E-state index contributed by atoms with van der Waals surface area (Å²) >= 11 is 1.84. The van der Waals surface area contributed by atoms with Gasteiger partial charge in [-0.3, -0.25) is 4.79 Å². The van der Waals surface area contributed by atoms with Crippen molar-refractivity contribution < 1.29 is 4.79 Å². The monoisotopic (exact) mass is 302 g/mol. The van der Waals surface area contributed by atoms with Crippen molar-refractivity contribution in [3.05, 3.63) is 34.9 Å². The molecule has 0 saturated heterocycles. The molecule has 0 heterocycles. The lowest BCUT2D eigenvalue weighted by atomic mass is 10.0. The first kappa shape index (κ1) is 15.9. The quantitative estimate of drug-likeness (QED) is 0.843. The molecule has 1 saturated carbocycles. The summed E-state index contributed by atoms with van der Waals surface area (Å²) < 4.78 is 0. The third-order valence-electron chi connectivity index (χ3n) is 3.90. The molecule has 112 valence electrons. The maximum absolute atomic E-state index is 12.4. The van der Waals surface area contributed by atoms with Gasteiger partial charge in [-0.25, -0.2) is 0 Å². The number of hydrogen-bond donors (Lipinski definition) is 2. The number of nitrogens with two attached hydrogens (primary N) is 1. The van der Waals surface area contributed by atoms with E-state index in [1.165, 1.54) is 12.8 Å². The Bertz CT molecular complexity index is 574. The zero-order valence-corrected chi connectivity index (χ0v) is 13.4. The molecule has 2 atom stereocenters. The van der Waals surface area contributed by atoms with Gasteiger partial charge in [-0.1, -0.05) is 24.3 Å². The number of nitrogens with one attached hydrogen (secondary N) is 1. The van der Waals surface area contributed by atoms with Gasteiger partial charge in [0.1, 0.15) is 0 Å². The van der Waals surface area contributed by atoms with Crippen molar-refractivity contribution in [3.8, 4) is 11.8 Å². The van der Waals surface area contributed by atoms with Gasteiger partial charge in [-0.15, -0.1) is 0 Å². The second-order valence-electron chi connectivity index (χ2n) is 5.32. The van der Waals surface area contributed by atoms with Gasteiger partial charge in [0.25, 0.3) is 5.91 Å². The van der Waals surface area contributed by atoms with Gasteiger partial charge in [0.15, 0.2) is 0 Å². The van der Waals surface area contributed by atoms with E-state index in [4.69, 9.17) is 5.73 Å². The Hall–Kier alpha value is -1.44. The molecular formula is C17H22N2OS. The molecule has 4 heteroatoms. The van der Waals surface area contributed by atoms with Crippen LogP contribution in [0.3, 0.4) is 0 Å². The van der Waals surface area contributed by atoms with Crippen molar-refractivity contribution >= 4 is 17.7 Å². The molecule has 0 aliphatic heterocycles. The Morgan fingerprint density at radius 1 is 1.48 bits per heavy atom. The van der Waals surface area contributed by atoms with E-state index >= 15 is 0 Å². The van der Waals surface area contributed by atoms with E-state index in [-0.39, 0.29) is 11.9 Å². The lowest BCUT2D eigenvalue weighted by Crippen LogP contribution is -2.38. The Kier molecular flexibility index (Phi) is 5.72. The average Bonchev–Trinajstić information content (AvgIpc) is 2.93. The lowest BCUT2D eigenvalue weighted by molar-refractivity contribution is 0.0938. The number of hydrogen-bond acceptors (Lipinski definition) is 3. The van der Waals surface area contributed by atoms with Gasteiger partial charge in [0, 0.05) is 22.4 Å². The maximum atomic E-state index is 12.4. The van der Waals surface area contributed by atoms with Crippen LogP contribution >= 0.6 is 11.8 Å². The minimum absolute atomic E-state index is 0.00301. The van der Waals surface area contributed by atoms with E-state index in [2.05, 4.69) is 23.4 Å². The molecule has 0 bridgehead atoms. The first-order valence-corrected chi connectivity index (χ1v) is 8.57. The molecule has 1 aliphatic rings. The molecule has 1 aromatic carbocycles. The second-order valence-corrected chi connectivity index (χ2v) is 6.40. The third kappa shape index (κ3) is 4.03. The van der Waals surface area contributed by atoms with Gasteiger partial charge in [-0.2, -0.15) is 11.8 Å². The van der Waals surface area contributed by atoms with Crippen LogP contribution in [0.25, 0.3) is 0 Å². The summed E-state index contributed by atoms with van der Waals surface area (Å²) in [5, 5.41) is 3.70. The Balaban J connectivity index is 2.12. The Labute approximate surface area is 131 Å². The molecule has 1 aliphatic carbocycles. The van der Waals surface area contributed by atoms with Crippen molar-refractivity contribution in [2.45, 2.75) is 37.5 Å². The number of benzene rings is 1. The van der Waals surface area contributed by atoms with Crippen LogP contribution in [0.5, 0.6) is 0 Å². The van der Waals surface area contributed by atoms with Crippen LogP contribution in [0, 0.1) is 18.8 Å². The molecule has 3 nitrogen and oxygen atoms in total. The first-order chi connectivity index (χ1) is 10.2. The predicted molar refractivity (Wildman–Crippen MR) is 89.5 cm³/mol. The summed E-state index contributed by atoms with van der Waals surface area (Å²) in [7, 11) is 0. The van der Waals surface area contributed by atoms with Crippen molar-refractivity contribution in [2.24, 2.45) is 5.73 Å². The number of rotatable bonds is 3. The molecule has 0 spiro atoms. The van der Waals surface area contributed by atoms with E-state index in [9.17, 15) is 4.79 Å². The van der Waals surface area contributed by atoms with Gasteiger partial charge < -0.3 is 11.1 Å². The highest BCUT2D eigenvalue weighted by Gasteiger charge is 2.28. The van der Waals surface area contributed by atoms with Crippen LogP contribution in [0.2, 0.25) is 0 Å². The van der Waals surface area contributed by atoms with Gasteiger partial charge in [0.05, 0.1) is 6.54 Å². The fourth-order valence-electron chi connectivity index (χ4n) is 2.67. The zero-order chi connectivity index (χ0) is 15.2. The predicted octanol–water partition coefficient (Wildman–Crippen LogP) is 2.32. The number of amides is 1. The molecule has 1 fully saturated rings. The van der Waals surface area contributed by atoms with E-state index in [0.717, 1.165) is 17.5 Å². The second kappa shape index (κ2) is 7.53. The largest absolute Gasteiger partial charge is 0.348 e. The number of aryl methyl sites for hydroxylation is 1. The van der Waals surface area contributed by atoms with Crippen molar-refractivity contribution in [1.29, 1.82) is 0 Å². The van der Waals surface area contributed by atoms with Crippen LogP contribution in [0.1, 0.15) is 40.7 Å². The number of thioether (sulfide) groups is 1. The van der Waals surface area contributed by atoms with E-state index in [1.807, 2.05) is 36.9 Å². The summed E-state index contributed by atoms with van der Waals surface area (Å²) in [5.74, 6) is 5.86. The van der Waals surface area contributed by atoms with Gasteiger partial charge in [0.2, 0.25) is 0 Å². The lowest BCUT2D eigenvalue weighted by Gasteiger charge is -2.19. The Morgan fingerprint density at radius 3 is 3.00 bits per heavy atom. The highest BCUT2D eigenvalue weighted by Crippen LogP contribution is 2.28. The summed E-state index contributed by atoms with van der Waals surface area (Å²) in [5.41, 5.74) is 8.02. The topological polar surface area (TPSA) is 55.1 Å². The van der Waals surface area contributed by atoms with Crippen molar-refractivity contribution in [3.63, 3.8) is 0 Å². The van der Waals surface area contributed by atoms with E-state index in [1.54, 1.807) is 0 Å².